The van der Waals surface area contributed by atoms with Gasteiger partial charge in [0.05, 0.1) is 12.7 Å². The van der Waals surface area contributed by atoms with Crippen molar-refractivity contribution in [1.82, 2.24) is 15.0 Å². The Kier molecular flexibility index (Phi) is 7.21. The SMILES string of the molecule is CSc1ccccc1NC(=O)C[NH+](C)Cc1nc(N)nc(Nc2ccccc2C)n1. The predicted octanol–water partition coefficient (Wildman–Crippen LogP) is 1.88. The van der Waals surface area contributed by atoms with Gasteiger partial charge in [-0.1, -0.05) is 30.3 Å². The van der Waals surface area contributed by atoms with Crippen molar-refractivity contribution < 1.29 is 9.69 Å². The Bertz CT molecular complexity index is 1030. The van der Waals surface area contributed by atoms with E-state index in [9.17, 15) is 4.79 Å². The molecule has 3 aromatic rings. The van der Waals surface area contributed by atoms with Crippen LogP contribution in [0.2, 0.25) is 0 Å². The van der Waals surface area contributed by atoms with Gasteiger partial charge in [-0.2, -0.15) is 15.0 Å². The lowest BCUT2D eigenvalue weighted by Crippen LogP contribution is -3.08. The van der Waals surface area contributed by atoms with Gasteiger partial charge < -0.3 is 21.3 Å². The molecule has 1 unspecified atom stereocenters. The zero-order chi connectivity index (χ0) is 21.5. The van der Waals surface area contributed by atoms with Gasteiger partial charge >= 0.3 is 0 Å². The Labute approximate surface area is 180 Å². The number of hydrogen-bond donors (Lipinski definition) is 4. The average Bonchev–Trinajstić information content (AvgIpc) is 2.69. The molecule has 0 spiro atoms. The van der Waals surface area contributed by atoms with E-state index in [-0.39, 0.29) is 18.4 Å². The van der Waals surface area contributed by atoms with E-state index in [2.05, 4.69) is 25.6 Å². The number of nitrogens with zero attached hydrogens (tertiary/aromatic N) is 3. The molecular weight excluding hydrogens is 398 g/mol. The van der Waals surface area contributed by atoms with E-state index in [1.165, 1.54) is 0 Å². The molecule has 0 radical (unpaired) electrons. The molecule has 3 rings (SSSR count). The van der Waals surface area contributed by atoms with Crippen LogP contribution in [0.4, 0.5) is 23.3 Å². The van der Waals surface area contributed by atoms with Crippen LogP contribution >= 0.6 is 11.8 Å². The number of quaternary nitrogens is 1. The van der Waals surface area contributed by atoms with Gasteiger partial charge in [0.15, 0.2) is 12.4 Å². The Morgan fingerprint density at radius 2 is 1.77 bits per heavy atom. The molecule has 8 nitrogen and oxygen atoms in total. The van der Waals surface area contributed by atoms with Crippen molar-refractivity contribution in [2.75, 3.05) is 36.2 Å². The van der Waals surface area contributed by atoms with Crippen molar-refractivity contribution in [3.05, 3.63) is 59.9 Å². The molecule has 0 fully saturated rings. The molecule has 0 saturated heterocycles. The summed E-state index contributed by atoms with van der Waals surface area (Å²) in [4.78, 5) is 27.3. The fourth-order valence-corrected chi connectivity index (χ4v) is 3.51. The molecule has 1 aromatic heterocycles. The van der Waals surface area contributed by atoms with Crippen LogP contribution in [0.25, 0.3) is 0 Å². The topological polar surface area (TPSA) is 110 Å². The highest BCUT2D eigenvalue weighted by Crippen LogP contribution is 2.24. The van der Waals surface area contributed by atoms with Gasteiger partial charge in [-0.05, 0) is 36.9 Å². The maximum atomic E-state index is 12.5. The summed E-state index contributed by atoms with van der Waals surface area (Å²) in [5.41, 5.74) is 8.66. The number of carbonyl (C=O) groups excluding carboxylic acids is 1. The molecule has 156 valence electrons. The van der Waals surface area contributed by atoms with Gasteiger partial charge in [-0.15, -0.1) is 11.8 Å². The summed E-state index contributed by atoms with van der Waals surface area (Å²) >= 11 is 1.59. The summed E-state index contributed by atoms with van der Waals surface area (Å²) in [6.07, 6.45) is 1.98. The number of aromatic nitrogens is 3. The number of para-hydroxylation sites is 2. The predicted molar refractivity (Wildman–Crippen MR) is 121 cm³/mol. The summed E-state index contributed by atoms with van der Waals surface area (Å²) in [7, 11) is 1.91. The molecule has 0 bridgehead atoms. The molecule has 2 aromatic carbocycles. The summed E-state index contributed by atoms with van der Waals surface area (Å²) < 4.78 is 0. The highest BCUT2D eigenvalue weighted by Gasteiger charge is 2.15. The van der Waals surface area contributed by atoms with Crippen molar-refractivity contribution >= 4 is 40.9 Å². The van der Waals surface area contributed by atoms with E-state index < -0.39 is 0 Å². The number of nitrogens with one attached hydrogen (secondary N) is 3. The third-order valence-electron chi connectivity index (χ3n) is 4.39. The molecule has 30 heavy (non-hydrogen) atoms. The van der Waals surface area contributed by atoms with E-state index in [1.807, 2.05) is 68.8 Å². The zero-order valence-electron chi connectivity index (χ0n) is 17.3. The third-order valence-corrected chi connectivity index (χ3v) is 5.19. The van der Waals surface area contributed by atoms with Gasteiger partial charge in [0.2, 0.25) is 11.9 Å². The van der Waals surface area contributed by atoms with Crippen LogP contribution in [0, 0.1) is 6.92 Å². The molecule has 9 heteroatoms. The number of anilines is 4. The zero-order valence-corrected chi connectivity index (χ0v) is 18.1. The summed E-state index contributed by atoms with van der Waals surface area (Å²) in [6.45, 7) is 2.71. The maximum Gasteiger partial charge on any atom is 0.279 e. The van der Waals surface area contributed by atoms with Crippen LogP contribution in [-0.2, 0) is 11.3 Å². The molecule has 1 amide bonds. The Balaban J connectivity index is 1.63. The quantitative estimate of drug-likeness (QED) is 0.409. The molecule has 5 N–H and O–H groups in total. The number of amides is 1. The van der Waals surface area contributed by atoms with Crippen LogP contribution in [0.5, 0.6) is 0 Å². The summed E-state index contributed by atoms with van der Waals surface area (Å²) in [5, 5.41) is 6.15. The number of carbonyl (C=O) groups is 1. The second-order valence-corrected chi connectivity index (χ2v) is 7.78. The van der Waals surface area contributed by atoms with Crippen LogP contribution in [-0.4, -0.2) is 40.7 Å². The maximum absolute atomic E-state index is 12.5. The lowest BCUT2D eigenvalue weighted by molar-refractivity contribution is -0.885. The second kappa shape index (κ2) is 10.0. The Morgan fingerprint density at radius 3 is 2.50 bits per heavy atom. The number of rotatable bonds is 8. The average molecular weight is 425 g/mol. The first kappa shape index (κ1) is 21.5. The molecule has 0 aliphatic rings. The lowest BCUT2D eigenvalue weighted by Gasteiger charge is -2.15. The first-order valence-corrected chi connectivity index (χ1v) is 10.7. The van der Waals surface area contributed by atoms with Crippen molar-refractivity contribution in [3.63, 3.8) is 0 Å². The molecule has 0 aliphatic heterocycles. The van der Waals surface area contributed by atoms with Crippen molar-refractivity contribution in [1.29, 1.82) is 0 Å². The normalized spacial score (nSPS) is 11.7. The van der Waals surface area contributed by atoms with Crippen molar-refractivity contribution in [3.8, 4) is 0 Å². The van der Waals surface area contributed by atoms with Gasteiger partial charge in [-0.3, -0.25) is 4.79 Å². The Morgan fingerprint density at radius 1 is 1.07 bits per heavy atom. The fraction of sp³-hybridized carbons (Fsp3) is 0.238. The standard InChI is InChI=1S/C21H25N7OS/c1-14-8-4-5-9-15(14)24-21-26-18(25-20(22)27-21)12-28(2)13-19(29)23-16-10-6-7-11-17(16)30-3/h4-11H,12-13H2,1-3H3,(H,23,29)(H3,22,24,25,26,27)/p+1. The summed E-state index contributed by atoms with van der Waals surface area (Å²) in [5.74, 6) is 0.975. The molecule has 0 aliphatic carbocycles. The van der Waals surface area contributed by atoms with E-state index in [1.54, 1.807) is 11.8 Å². The minimum atomic E-state index is -0.0747. The molecule has 1 heterocycles. The highest BCUT2D eigenvalue weighted by molar-refractivity contribution is 7.98. The monoisotopic (exact) mass is 424 g/mol. The van der Waals surface area contributed by atoms with Crippen LogP contribution in [0.1, 0.15) is 11.4 Å². The molecular formula is C21H26N7OS+. The minimum absolute atomic E-state index is 0.0747. The first-order valence-electron chi connectivity index (χ1n) is 9.52. The van der Waals surface area contributed by atoms with Gasteiger partial charge in [0.25, 0.3) is 5.91 Å². The smallest absolute Gasteiger partial charge is 0.279 e. The number of likely N-dealkylation sites (N-methyl/N-ethyl adjacent to an activating group) is 1. The second-order valence-electron chi connectivity index (χ2n) is 6.93. The van der Waals surface area contributed by atoms with Crippen molar-refractivity contribution in [2.24, 2.45) is 0 Å². The third kappa shape index (κ3) is 5.91. The number of hydrogen-bond acceptors (Lipinski definition) is 7. The number of nitrogen functional groups attached to an aromatic ring is 1. The highest BCUT2D eigenvalue weighted by atomic mass is 32.2. The van der Waals surface area contributed by atoms with E-state index >= 15 is 0 Å². The van der Waals surface area contributed by atoms with E-state index in [4.69, 9.17) is 5.73 Å². The van der Waals surface area contributed by atoms with Crippen LogP contribution < -0.4 is 21.3 Å². The molecule has 1 atom stereocenters. The van der Waals surface area contributed by atoms with Crippen LogP contribution in [0.3, 0.4) is 0 Å². The van der Waals surface area contributed by atoms with E-state index in [0.29, 0.717) is 18.3 Å². The number of benzene rings is 2. The largest absolute Gasteiger partial charge is 0.368 e. The van der Waals surface area contributed by atoms with Gasteiger partial charge in [-0.25, -0.2) is 0 Å². The Hall–Kier alpha value is -3.17. The number of aryl methyl sites for hydroxylation is 1. The van der Waals surface area contributed by atoms with E-state index in [0.717, 1.165) is 26.7 Å². The fourth-order valence-electron chi connectivity index (χ4n) is 2.96. The number of nitrogens with two attached hydrogens (primary N) is 1. The first-order chi connectivity index (χ1) is 14.4. The van der Waals surface area contributed by atoms with Crippen LogP contribution in [0.15, 0.2) is 53.4 Å². The molecule has 0 saturated carbocycles. The lowest BCUT2D eigenvalue weighted by atomic mass is 10.2. The van der Waals surface area contributed by atoms with Gasteiger partial charge in [0.1, 0.15) is 6.54 Å². The van der Waals surface area contributed by atoms with Gasteiger partial charge in [0, 0.05) is 10.6 Å². The van der Waals surface area contributed by atoms with Crippen molar-refractivity contribution in [2.45, 2.75) is 18.4 Å². The summed E-state index contributed by atoms with van der Waals surface area (Å²) in [6, 6.07) is 15.6. The number of thioether (sulfide) groups is 1. The minimum Gasteiger partial charge on any atom is -0.368 e.